The van der Waals surface area contributed by atoms with Crippen molar-refractivity contribution in [1.29, 1.82) is 0 Å². The topological polar surface area (TPSA) is 56.0 Å². The molecular weight excluding hydrogens is 214 g/mol. The van der Waals surface area contributed by atoms with Gasteiger partial charge < -0.3 is 5.73 Å². The van der Waals surface area contributed by atoms with Gasteiger partial charge in [-0.05, 0) is 13.0 Å². The maximum Gasteiger partial charge on any atom is 0.265 e. The molecule has 1 aromatic heterocycles. The van der Waals surface area contributed by atoms with E-state index in [1.54, 1.807) is 0 Å². The number of halogens is 3. The number of amides is 1. The minimum atomic E-state index is -2.70. The Kier molecular flexibility index (Phi) is 3.00. The number of rotatable bonds is 2. The van der Waals surface area contributed by atoms with Crippen molar-refractivity contribution in [3.63, 3.8) is 0 Å². The number of primary amides is 1. The van der Waals surface area contributed by atoms with Crippen LogP contribution in [-0.2, 0) is 0 Å². The number of alkyl halides is 2. The molecule has 0 atom stereocenters. The summed E-state index contributed by atoms with van der Waals surface area (Å²) >= 11 is 5.54. The van der Waals surface area contributed by atoms with Crippen molar-refractivity contribution in [2.24, 2.45) is 5.73 Å². The van der Waals surface area contributed by atoms with Gasteiger partial charge in [-0.1, -0.05) is 11.6 Å². The predicted octanol–water partition coefficient (Wildman–Crippen LogP) is 2.08. The fourth-order valence-corrected chi connectivity index (χ4v) is 1.26. The molecule has 2 N–H and O–H groups in total. The second-order valence-corrected chi connectivity index (χ2v) is 3.02. The Morgan fingerprint density at radius 1 is 1.64 bits per heavy atom. The molecule has 0 aliphatic carbocycles. The SMILES string of the molecule is Cc1nc(Cl)c(C(N)=O)cc1C(F)F. The Morgan fingerprint density at radius 3 is 2.64 bits per heavy atom. The Labute approximate surface area is 83.9 Å². The van der Waals surface area contributed by atoms with Crippen molar-refractivity contribution in [2.45, 2.75) is 13.3 Å². The van der Waals surface area contributed by atoms with Gasteiger partial charge in [-0.15, -0.1) is 0 Å². The van der Waals surface area contributed by atoms with Crippen LogP contribution >= 0.6 is 11.6 Å². The molecule has 0 saturated carbocycles. The van der Waals surface area contributed by atoms with Crippen molar-refractivity contribution < 1.29 is 13.6 Å². The molecular formula is C8H7ClF2N2O. The van der Waals surface area contributed by atoms with Crippen LogP contribution in [0.15, 0.2) is 6.07 Å². The molecule has 0 radical (unpaired) electrons. The first kappa shape index (κ1) is 10.8. The lowest BCUT2D eigenvalue weighted by Gasteiger charge is -2.06. The van der Waals surface area contributed by atoms with E-state index in [1.165, 1.54) is 6.92 Å². The van der Waals surface area contributed by atoms with E-state index in [4.69, 9.17) is 17.3 Å². The number of aromatic nitrogens is 1. The molecule has 1 aromatic rings. The molecule has 0 fully saturated rings. The van der Waals surface area contributed by atoms with Crippen LogP contribution in [0.4, 0.5) is 8.78 Å². The normalized spacial score (nSPS) is 10.6. The highest BCUT2D eigenvalue weighted by molar-refractivity contribution is 6.32. The van der Waals surface area contributed by atoms with Crippen LogP contribution in [0.1, 0.15) is 28.0 Å². The van der Waals surface area contributed by atoms with Crippen molar-refractivity contribution in [3.8, 4) is 0 Å². The van der Waals surface area contributed by atoms with Crippen LogP contribution in [0.25, 0.3) is 0 Å². The summed E-state index contributed by atoms with van der Waals surface area (Å²) < 4.78 is 24.7. The highest BCUT2D eigenvalue weighted by Crippen LogP contribution is 2.25. The van der Waals surface area contributed by atoms with Crippen LogP contribution in [0.2, 0.25) is 5.15 Å². The van der Waals surface area contributed by atoms with E-state index in [-0.39, 0.29) is 22.0 Å². The van der Waals surface area contributed by atoms with Gasteiger partial charge in [0, 0.05) is 11.3 Å². The zero-order valence-corrected chi connectivity index (χ0v) is 7.98. The minimum absolute atomic E-state index is 0.0926. The van der Waals surface area contributed by atoms with E-state index in [1.807, 2.05) is 0 Å². The average molecular weight is 221 g/mol. The summed E-state index contributed by atoms with van der Waals surface area (Å²) in [5.74, 6) is -0.871. The summed E-state index contributed by atoms with van der Waals surface area (Å²) in [7, 11) is 0. The van der Waals surface area contributed by atoms with E-state index in [0.29, 0.717) is 0 Å². The van der Waals surface area contributed by atoms with Crippen LogP contribution < -0.4 is 5.73 Å². The third kappa shape index (κ3) is 1.98. The summed E-state index contributed by atoms with van der Waals surface area (Å²) in [5, 5.41) is -0.153. The Hall–Kier alpha value is -1.23. The minimum Gasteiger partial charge on any atom is -0.366 e. The van der Waals surface area contributed by atoms with E-state index < -0.39 is 12.3 Å². The molecule has 0 bridgehead atoms. The van der Waals surface area contributed by atoms with Crippen LogP contribution in [0, 0.1) is 6.92 Å². The maximum atomic E-state index is 12.4. The van der Waals surface area contributed by atoms with Gasteiger partial charge in [0.15, 0.2) is 0 Å². The highest BCUT2D eigenvalue weighted by Gasteiger charge is 2.17. The van der Waals surface area contributed by atoms with Gasteiger partial charge in [-0.25, -0.2) is 13.8 Å². The molecule has 0 saturated heterocycles. The van der Waals surface area contributed by atoms with Gasteiger partial charge in [0.05, 0.1) is 5.56 Å². The number of aryl methyl sites for hydroxylation is 1. The van der Waals surface area contributed by atoms with E-state index >= 15 is 0 Å². The number of hydrogen-bond acceptors (Lipinski definition) is 2. The molecule has 14 heavy (non-hydrogen) atoms. The van der Waals surface area contributed by atoms with Crippen LogP contribution in [0.5, 0.6) is 0 Å². The second kappa shape index (κ2) is 3.88. The lowest BCUT2D eigenvalue weighted by Crippen LogP contribution is -2.13. The molecule has 0 aromatic carbocycles. The molecule has 76 valence electrons. The Balaban J connectivity index is 3.34. The Bertz CT molecular complexity index is 382. The lowest BCUT2D eigenvalue weighted by atomic mass is 10.1. The Morgan fingerprint density at radius 2 is 2.21 bits per heavy atom. The van der Waals surface area contributed by atoms with Crippen molar-refractivity contribution in [3.05, 3.63) is 28.0 Å². The lowest BCUT2D eigenvalue weighted by molar-refractivity contribution is 0.0999. The van der Waals surface area contributed by atoms with Gasteiger partial charge in [0.2, 0.25) is 0 Å². The quantitative estimate of drug-likeness (QED) is 0.776. The molecule has 1 rings (SSSR count). The largest absolute Gasteiger partial charge is 0.366 e. The average Bonchev–Trinajstić information content (AvgIpc) is 2.02. The summed E-state index contributed by atoms with van der Waals surface area (Å²) in [6.07, 6.45) is -2.70. The standard InChI is InChI=1S/C8H7ClF2N2O/c1-3-4(7(10)11)2-5(8(12)14)6(9)13-3/h2,7H,1H3,(H2,12,14). The number of pyridine rings is 1. The molecule has 0 aliphatic heterocycles. The molecule has 6 heteroatoms. The van der Waals surface area contributed by atoms with Gasteiger partial charge in [-0.3, -0.25) is 4.79 Å². The fourth-order valence-electron chi connectivity index (χ4n) is 0.985. The monoisotopic (exact) mass is 220 g/mol. The fraction of sp³-hybridized carbons (Fsp3) is 0.250. The number of nitrogens with two attached hydrogens (primary N) is 1. The number of carbonyl (C=O) groups excluding carboxylic acids is 1. The third-order valence-electron chi connectivity index (χ3n) is 1.71. The van der Waals surface area contributed by atoms with Crippen molar-refractivity contribution in [1.82, 2.24) is 4.98 Å². The number of carbonyl (C=O) groups is 1. The van der Waals surface area contributed by atoms with Crippen LogP contribution in [0.3, 0.4) is 0 Å². The molecule has 1 amide bonds. The van der Waals surface area contributed by atoms with Gasteiger partial charge >= 0.3 is 0 Å². The van der Waals surface area contributed by atoms with E-state index in [2.05, 4.69) is 4.98 Å². The molecule has 0 unspecified atom stereocenters. The van der Waals surface area contributed by atoms with Gasteiger partial charge in [0.25, 0.3) is 12.3 Å². The van der Waals surface area contributed by atoms with E-state index in [9.17, 15) is 13.6 Å². The van der Waals surface area contributed by atoms with Crippen molar-refractivity contribution in [2.75, 3.05) is 0 Å². The summed E-state index contributed by atoms with van der Waals surface area (Å²) in [5.41, 5.74) is 4.50. The molecule has 1 heterocycles. The predicted molar refractivity (Wildman–Crippen MR) is 47.5 cm³/mol. The third-order valence-corrected chi connectivity index (χ3v) is 1.99. The molecule has 0 aliphatic rings. The number of hydrogen-bond donors (Lipinski definition) is 1. The highest BCUT2D eigenvalue weighted by atomic mass is 35.5. The molecule has 0 spiro atoms. The second-order valence-electron chi connectivity index (χ2n) is 2.67. The first-order chi connectivity index (χ1) is 6.43. The first-order valence-electron chi connectivity index (χ1n) is 3.68. The van der Waals surface area contributed by atoms with Gasteiger partial charge in [0.1, 0.15) is 5.15 Å². The smallest absolute Gasteiger partial charge is 0.265 e. The maximum absolute atomic E-state index is 12.4. The van der Waals surface area contributed by atoms with Gasteiger partial charge in [-0.2, -0.15) is 0 Å². The summed E-state index contributed by atoms with van der Waals surface area (Å²) in [6, 6.07) is 0.970. The number of nitrogens with zero attached hydrogens (tertiary/aromatic N) is 1. The summed E-state index contributed by atoms with van der Waals surface area (Å²) in [4.78, 5) is 14.4. The van der Waals surface area contributed by atoms with Crippen molar-refractivity contribution >= 4 is 17.5 Å². The first-order valence-corrected chi connectivity index (χ1v) is 4.06. The van der Waals surface area contributed by atoms with E-state index in [0.717, 1.165) is 6.07 Å². The zero-order valence-electron chi connectivity index (χ0n) is 7.22. The zero-order chi connectivity index (χ0) is 10.9. The molecule has 3 nitrogen and oxygen atoms in total. The summed E-state index contributed by atoms with van der Waals surface area (Å²) in [6.45, 7) is 1.39. The van der Waals surface area contributed by atoms with Crippen LogP contribution in [-0.4, -0.2) is 10.9 Å².